The first-order valence-corrected chi connectivity index (χ1v) is 9.88. The smallest absolute Gasteiger partial charge is 0.272 e. The molecule has 5 nitrogen and oxygen atoms in total. The van der Waals surface area contributed by atoms with Crippen molar-refractivity contribution in [1.82, 2.24) is 19.8 Å². The van der Waals surface area contributed by atoms with Gasteiger partial charge in [0.2, 0.25) is 0 Å². The molecule has 2 aromatic rings. The molecule has 1 unspecified atom stereocenters. The molecule has 1 fully saturated rings. The van der Waals surface area contributed by atoms with Gasteiger partial charge in [-0.1, -0.05) is 30.3 Å². The number of aryl methyl sites for hydroxylation is 3. The molecule has 1 aliphatic rings. The van der Waals surface area contributed by atoms with Gasteiger partial charge < -0.3 is 9.80 Å². The highest BCUT2D eigenvalue weighted by Gasteiger charge is 2.27. The molecule has 5 heteroatoms. The van der Waals surface area contributed by atoms with Crippen LogP contribution < -0.4 is 0 Å². The van der Waals surface area contributed by atoms with E-state index >= 15 is 0 Å². The predicted molar refractivity (Wildman–Crippen MR) is 108 cm³/mol. The lowest BCUT2D eigenvalue weighted by Crippen LogP contribution is -2.49. The topological polar surface area (TPSA) is 49.3 Å². The van der Waals surface area contributed by atoms with Crippen LogP contribution in [0.15, 0.2) is 36.4 Å². The molecule has 1 atom stereocenters. The Hall–Kier alpha value is -2.27. The van der Waals surface area contributed by atoms with E-state index in [1.165, 1.54) is 5.56 Å². The Morgan fingerprint density at radius 2 is 2.00 bits per heavy atom. The highest BCUT2D eigenvalue weighted by molar-refractivity contribution is 5.92. The summed E-state index contributed by atoms with van der Waals surface area (Å²) < 4.78 is 0. The molecular weight excluding hydrogens is 336 g/mol. The highest BCUT2D eigenvalue weighted by Crippen LogP contribution is 2.17. The Kier molecular flexibility index (Phi) is 6.56. The number of likely N-dealkylation sites (N-methyl/N-ethyl adjacent to an activating group) is 1. The summed E-state index contributed by atoms with van der Waals surface area (Å²) in [7, 11) is 1.91. The lowest BCUT2D eigenvalue weighted by molar-refractivity contribution is 0.0610. The van der Waals surface area contributed by atoms with Gasteiger partial charge in [-0.2, -0.15) is 0 Å². The second-order valence-electron chi connectivity index (χ2n) is 7.54. The summed E-state index contributed by atoms with van der Waals surface area (Å²) in [6, 6.07) is 12.7. The Morgan fingerprint density at radius 3 is 2.74 bits per heavy atom. The zero-order valence-corrected chi connectivity index (χ0v) is 16.7. The molecule has 144 valence electrons. The van der Waals surface area contributed by atoms with Crippen molar-refractivity contribution in [1.29, 1.82) is 0 Å². The van der Waals surface area contributed by atoms with Crippen molar-refractivity contribution in [2.45, 2.75) is 45.6 Å². The second-order valence-corrected chi connectivity index (χ2v) is 7.54. The summed E-state index contributed by atoms with van der Waals surface area (Å²) in [5.74, 6) is 0.651. The van der Waals surface area contributed by atoms with Crippen LogP contribution in [0.3, 0.4) is 0 Å². The van der Waals surface area contributed by atoms with Crippen LogP contribution in [0, 0.1) is 13.8 Å². The highest BCUT2D eigenvalue weighted by atomic mass is 16.2. The number of hydrogen-bond acceptors (Lipinski definition) is 4. The molecule has 1 aromatic carbocycles. The number of carbonyl (C=O) groups excluding carboxylic acids is 1. The van der Waals surface area contributed by atoms with Crippen LogP contribution in [0.2, 0.25) is 0 Å². The number of rotatable bonds is 6. The zero-order valence-electron chi connectivity index (χ0n) is 16.7. The Morgan fingerprint density at radius 1 is 1.22 bits per heavy atom. The average molecular weight is 367 g/mol. The van der Waals surface area contributed by atoms with E-state index in [2.05, 4.69) is 45.2 Å². The lowest BCUT2D eigenvalue weighted by Gasteiger charge is -2.37. The van der Waals surface area contributed by atoms with Crippen molar-refractivity contribution >= 4 is 5.91 Å². The fourth-order valence-corrected chi connectivity index (χ4v) is 3.87. The van der Waals surface area contributed by atoms with Gasteiger partial charge in [0, 0.05) is 25.3 Å². The fraction of sp³-hybridized carbons (Fsp3) is 0.500. The molecule has 1 aliphatic heterocycles. The van der Waals surface area contributed by atoms with Crippen LogP contribution in [0.1, 0.15) is 46.8 Å². The van der Waals surface area contributed by atoms with Crippen LogP contribution in [-0.2, 0) is 6.42 Å². The first-order valence-electron chi connectivity index (χ1n) is 9.88. The minimum absolute atomic E-state index is 0.000245. The first-order chi connectivity index (χ1) is 13.0. The maximum Gasteiger partial charge on any atom is 0.272 e. The number of amides is 1. The van der Waals surface area contributed by atoms with Crippen molar-refractivity contribution in [3.8, 4) is 0 Å². The van der Waals surface area contributed by atoms with Crippen LogP contribution >= 0.6 is 0 Å². The van der Waals surface area contributed by atoms with Crippen LogP contribution in [0.25, 0.3) is 0 Å². The number of aromatic nitrogens is 2. The summed E-state index contributed by atoms with van der Waals surface area (Å²) >= 11 is 0. The number of nitrogens with zero attached hydrogens (tertiary/aromatic N) is 4. The SMILES string of the molecule is Cc1cc(C(=O)N(C)C2CCCN(CCCc3ccccc3)C2)nc(C)n1. The van der Waals surface area contributed by atoms with E-state index in [1.54, 1.807) is 6.07 Å². The van der Waals surface area contributed by atoms with Gasteiger partial charge in [-0.3, -0.25) is 4.79 Å². The van der Waals surface area contributed by atoms with E-state index < -0.39 is 0 Å². The number of benzene rings is 1. The van der Waals surface area contributed by atoms with Crippen molar-refractivity contribution in [2.75, 3.05) is 26.7 Å². The molecule has 0 spiro atoms. The molecule has 0 N–H and O–H groups in total. The summed E-state index contributed by atoms with van der Waals surface area (Å²) in [5.41, 5.74) is 2.74. The Bertz CT molecular complexity index is 742. The zero-order chi connectivity index (χ0) is 19.2. The monoisotopic (exact) mass is 366 g/mol. The predicted octanol–water partition coefficient (Wildman–Crippen LogP) is 3.26. The largest absolute Gasteiger partial charge is 0.336 e. The van der Waals surface area contributed by atoms with E-state index in [1.807, 2.05) is 25.8 Å². The number of carbonyl (C=O) groups is 1. The maximum absolute atomic E-state index is 12.9. The van der Waals surface area contributed by atoms with Crippen molar-refractivity contribution in [3.05, 3.63) is 59.2 Å². The van der Waals surface area contributed by atoms with Gasteiger partial charge in [-0.15, -0.1) is 0 Å². The fourth-order valence-electron chi connectivity index (χ4n) is 3.87. The summed E-state index contributed by atoms with van der Waals surface area (Å²) in [5, 5.41) is 0. The van der Waals surface area contributed by atoms with Gasteiger partial charge in [0.25, 0.3) is 5.91 Å². The Balaban J connectivity index is 1.54. The van der Waals surface area contributed by atoms with E-state index in [0.717, 1.165) is 51.0 Å². The van der Waals surface area contributed by atoms with Gasteiger partial charge in [0.1, 0.15) is 11.5 Å². The summed E-state index contributed by atoms with van der Waals surface area (Å²) in [6.07, 6.45) is 4.45. The molecule has 1 saturated heterocycles. The van der Waals surface area contributed by atoms with Crippen LogP contribution in [0.5, 0.6) is 0 Å². The maximum atomic E-state index is 12.9. The number of hydrogen-bond donors (Lipinski definition) is 0. The molecule has 0 saturated carbocycles. The van der Waals surface area contributed by atoms with Gasteiger partial charge in [0.05, 0.1) is 0 Å². The second kappa shape index (κ2) is 9.09. The molecule has 0 radical (unpaired) electrons. The molecule has 2 heterocycles. The third kappa shape index (κ3) is 5.36. The lowest BCUT2D eigenvalue weighted by atomic mass is 10.0. The van der Waals surface area contributed by atoms with Gasteiger partial charge >= 0.3 is 0 Å². The summed E-state index contributed by atoms with van der Waals surface area (Å²) in [4.78, 5) is 25.9. The van der Waals surface area contributed by atoms with Gasteiger partial charge in [-0.05, 0) is 64.3 Å². The number of piperidine rings is 1. The third-order valence-electron chi connectivity index (χ3n) is 5.32. The standard InChI is InChI=1S/C22H30N4O/c1-17-15-21(24-18(2)23-17)22(27)25(3)20-12-8-14-26(16-20)13-7-11-19-9-5-4-6-10-19/h4-6,9-10,15,20H,7-8,11-14,16H2,1-3H3. The molecule has 3 rings (SSSR count). The number of likely N-dealkylation sites (tertiary alicyclic amines) is 1. The molecule has 1 aromatic heterocycles. The van der Waals surface area contributed by atoms with Gasteiger partial charge in [0.15, 0.2) is 0 Å². The minimum atomic E-state index is -0.000245. The average Bonchev–Trinajstić information content (AvgIpc) is 2.67. The Labute approximate surface area is 162 Å². The molecule has 0 bridgehead atoms. The third-order valence-corrected chi connectivity index (χ3v) is 5.32. The molecule has 0 aliphatic carbocycles. The van der Waals surface area contributed by atoms with E-state index in [-0.39, 0.29) is 11.9 Å². The molecular formula is C22H30N4O. The van der Waals surface area contributed by atoms with E-state index in [9.17, 15) is 4.79 Å². The molecule has 1 amide bonds. The van der Waals surface area contributed by atoms with Gasteiger partial charge in [-0.25, -0.2) is 9.97 Å². The van der Waals surface area contributed by atoms with Crippen molar-refractivity contribution < 1.29 is 4.79 Å². The quantitative estimate of drug-likeness (QED) is 0.787. The molecule has 27 heavy (non-hydrogen) atoms. The van der Waals surface area contributed by atoms with Crippen LogP contribution in [-0.4, -0.2) is 58.4 Å². The van der Waals surface area contributed by atoms with Crippen molar-refractivity contribution in [3.63, 3.8) is 0 Å². The van der Waals surface area contributed by atoms with E-state index in [0.29, 0.717) is 11.5 Å². The summed E-state index contributed by atoms with van der Waals surface area (Å²) in [6.45, 7) is 6.89. The van der Waals surface area contributed by atoms with E-state index in [4.69, 9.17) is 0 Å². The van der Waals surface area contributed by atoms with Crippen LogP contribution in [0.4, 0.5) is 0 Å². The first kappa shape index (κ1) is 19.5. The normalized spacial score (nSPS) is 17.7. The van der Waals surface area contributed by atoms with Crippen molar-refractivity contribution in [2.24, 2.45) is 0 Å². The minimum Gasteiger partial charge on any atom is -0.336 e.